The van der Waals surface area contributed by atoms with Crippen molar-refractivity contribution in [3.8, 4) is 11.5 Å². The fraction of sp³-hybridized carbons (Fsp3) is 0.400. The summed E-state index contributed by atoms with van der Waals surface area (Å²) in [4.78, 5) is 37.8. The normalized spacial score (nSPS) is 16.2. The molecule has 1 heterocycles. The van der Waals surface area contributed by atoms with E-state index >= 15 is 0 Å². The highest BCUT2D eigenvalue weighted by Crippen LogP contribution is 2.34. The van der Waals surface area contributed by atoms with Crippen molar-refractivity contribution in [2.75, 3.05) is 20.8 Å². The number of hydrogen-bond donors (Lipinski definition) is 2. The zero-order valence-electron chi connectivity index (χ0n) is 17.1. The van der Waals surface area contributed by atoms with E-state index in [0.717, 1.165) is 17.3 Å². The molecule has 30 heavy (non-hydrogen) atoms. The highest BCUT2D eigenvalue weighted by Gasteiger charge is 2.32. The summed E-state index contributed by atoms with van der Waals surface area (Å²) in [6.07, 6.45) is 1.65. The van der Waals surface area contributed by atoms with Gasteiger partial charge in [0.05, 0.1) is 19.1 Å². The Bertz CT molecular complexity index is 884. The molecular formula is C20H24N2O6S2. The third-order valence-corrected chi connectivity index (χ3v) is 5.77. The SMILES string of the molecule is COc1ccc(C=C2SC(=S)N(CCC(=O)NC(C(=O)O)C(C)C)C2=O)cc1OC. The minimum atomic E-state index is -1.10. The highest BCUT2D eigenvalue weighted by molar-refractivity contribution is 8.26. The van der Waals surface area contributed by atoms with E-state index in [1.165, 1.54) is 12.0 Å². The molecule has 0 aromatic heterocycles. The lowest BCUT2D eigenvalue weighted by atomic mass is 10.0. The second-order valence-electron chi connectivity index (χ2n) is 6.83. The fourth-order valence-corrected chi connectivity index (χ4v) is 4.07. The molecule has 1 aromatic rings. The van der Waals surface area contributed by atoms with Crippen molar-refractivity contribution in [3.63, 3.8) is 0 Å². The van der Waals surface area contributed by atoms with Gasteiger partial charge in [-0.2, -0.15) is 0 Å². The number of ether oxygens (including phenoxy) is 2. The molecule has 162 valence electrons. The molecule has 1 fully saturated rings. The van der Waals surface area contributed by atoms with Crippen LogP contribution in [-0.4, -0.2) is 58.9 Å². The van der Waals surface area contributed by atoms with Crippen LogP contribution in [0.3, 0.4) is 0 Å². The first-order valence-corrected chi connectivity index (χ1v) is 10.4. The van der Waals surface area contributed by atoms with Gasteiger partial charge in [-0.3, -0.25) is 14.5 Å². The maximum Gasteiger partial charge on any atom is 0.326 e. The van der Waals surface area contributed by atoms with Gasteiger partial charge in [-0.1, -0.05) is 43.9 Å². The standard InChI is InChI=1S/C20H24N2O6S2/c1-11(2)17(19(25)26)21-16(23)7-8-22-18(24)15(30-20(22)29)10-12-5-6-13(27-3)14(9-12)28-4/h5-6,9-11,17H,7-8H2,1-4H3,(H,21,23)(H,25,26). The second-order valence-corrected chi connectivity index (χ2v) is 8.50. The smallest absolute Gasteiger partial charge is 0.326 e. The quantitative estimate of drug-likeness (QED) is 0.435. The van der Waals surface area contributed by atoms with Gasteiger partial charge in [0.25, 0.3) is 5.91 Å². The molecule has 0 saturated carbocycles. The van der Waals surface area contributed by atoms with Crippen LogP contribution in [0.15, 0.2) is 23.1 Å². The van der Waals surface area contributed by atoms with Crippen LogP contribution < -0.4 is 14.8 Å². The van der Waals surface area contributed by atoms with Crippen molar-refractivity contribution in [2.24, 2.45) is 5.92 Å². The number of hydrogen-bond acceptors (Lipinski definition) is 7. The highest BCUT2D eigenvalue weighted by atomic mass is 32.2. The van der Waals surface area contributed by atoms with E-state index in [-0.39, 0.29) is 24.8 Å². The van der Waals surface area contributed by atoms with Crippen LogP contribution in [0.4, 0.5) is 0 Å². The molecule has 2 amide bonds. The van der Waals surface area contributed by atoms with Gasteiger partial charge < -0.3 is 19.9 Å². The van der Waals surface area contributed by atoms with E-state index in [0.29, 0.717) is 20.7 Å². The second kappa shape index (κ2) is 10.4. The number of thiocarbonyl (C=S) groups is 1. The summed E-state index contributed by atoms with van der Waals surface area (Å²) in [5.74, 6) is -0.986. The van der Waals surface area contributed by atoms with Crippen LogP contribution >= 0.6 is 24.0 Å². The van der Waals surface area contributed by atoms with Gasteiger partial charge in [0, 0.05) is 13.0 Å². The Labute approximate surface area is 184 Å². The summed E-state index contributed by atoms with van der Waals surface area (Å²) in [5, 5.41) is 11.7. The largest absolute Gasteiger partial charge is 0.493 e. The van der Waals surface area contributed by atoms with Crippen molar-refractivity contribution in [2.45, 2.75) is 26.3 Å². The Kier molecular flexibility index (Phi) is 8.24. The van der Waals surface area contributed by atoms with Crippen molar-refractivity contribution in [3.05, 3.63) is 28.7 Å². The first-order valence-electron chi connectivity index (χ1n) is 9.17. The number of rotatable bonds is 9. The average molecular weight is 453 g/mol. The maximum atomic E-state index is 12.7. The Morgan fingerprint density at radius 1 is 1.27 bits per heavy atom. The summed E-state index contributed by atoms with van der Waals surface area (Å²) in [6.45, 7) is 3.49. The lowest BCUT2D eigenvalue weighted by molar-refractivity contribution is -0.143. The van der Waals surface area contributed by atoms with Gasteiger partial charge in [0.1, 0.15) is 10.4 Å². The Morgan fingerprint density at radius 2 is 1.93 bits per heavy atom. The first kappa shape index (κ1) is 23.7. The van der Waals surface area contributed by atoms with Crippen molar-refractivity contribution in [1.29, 1.82) is 0 Å². The van der Waals surface area contributed by atoms with Gasteiger partial charge in [0.2, 0.25) is 5.91 Å². The van der Waals surface area contributed by atoms with Gasteiger partial charge in [-0.15, -0.1) is 0 Å². The van der Waals surface area contributed by atoms with Crippen LogP contribution in [0.5, 0.6) is 11.5 Å². The van der Waals surface area contributed by atoms with Crippen LogP contribution in [0, 0.1) is 5.92 Å². The zero-order chi connectivity index (χ0) is 22.4. The number of nitrogens with one attached hydrogen (secondary N) is 1. The molecule has 1 aromatic carbocycles. The van der Waals surface area contributed by atoms with Crippen molar-refractivity contribution < 1.29 is 29.0 Å². The lowest BCUT2D eigenvalue weighted by Gasteiger charge is -2.19. The van der Waals surface area contributed by atoms with E-state index in [2.05, 4.69) is 5.32 Å². The van der Waals surface area contributed by atoms with Crippen LogP contribution in [-0.2, 0) is 14.4 Å². The number of carbonyl (C=O) groups is 3. The molecule has 1 aliphatic heterocycles. The summed E-state index contributed by atoms with van der Waals surface area (Å²) in [7, 11) is 3.07. The maximum absolute atomic E-state index is 12.7. The molecule has 2 rings (SSSR count). The van der Waals surface area contributed by atoms with Gasteiger partial charge in [-0.25, -0.2) is 4.79 Å². The van der Waals surface area contributed by atoms with Crippen LogP contribution in [0.1, 0.15) is 25.8 Å². The predicted molar refractivity (Wildman–Crippen MR) is 118 cm³/mol. The number of carbonyl (C=O) groups excluding carboxylic acids is 2. The topological polar surface area (TPSA) is 105 Å². The summed E-state index contributed by atoms with van der Waals surface area (Å²) >= 11 is 6.43. The molecule has 1 unspecified atom stereocenters. The summed E-state index contributed by atoms with van der Waals surface area (Å²) in [6, 6.07) is 4.30. The number of carboxylic acid groups (broad SMARTS) is 1. The number of thioether (sulfide) groups is 1. The van der Waals surface area contributed by atoms with Crippen molar-refractivity contribution in [1.82, 2.24) is 10.2 Å². The molecule has 1 atom stereocenters. The van der Waals surface area contributed by atoms with E-state index in [1.807, 2.05) is 0 Å². The third-order valence-electron chi connectivity index (χ3n) is 4.39. The number of aliphatic carboxylic acids is 1. The minimum Gasteiger partial charge on any atom is -0.493 e. The average Bonchev–Trinajstić information content (AvgIpc) is 2.96. The first-order chi connectivity index (χ1) is 14.2. The van der Waals surface area contributed by atoms with Gasteiger partial charge in [-0.05, 0) is 29.7 Å². The van der Waals surface area contributed by atoms with E-state index in [4.69, 9.17) is 21.7 Å². The lowest BCUT2D eigenvalue weighted by Crippen LogP contribution is -2.45. The summed E-state index contributed by atoms with van der Waals surface area (Å²) < 4.78 is 10.8. The Hall–Kier alpha value is -2.59. The number of methoxy groups -OCH3 is 2. The number of nitrogens with zero attached hydrogens (tertiary/aromatic N) is 1. The molecule has 0 aliphatic carbocycles. The molecule has 1 aliphatic rings. The van der Waals surface area contributed by atoms with Crippen molar-refractivity contribution >= 4 is 52.2 Å². The molecule has 8 nitrogen and oxygen atoms in total. The predicted octanol–water partition coefficient (Wildman–Crippen LogP) is 2.52. The molecule has 1 saturated heterocycles. The monoisotopic (exact) mass is 452 g/mol. The number of carboxylic acids is 1. The molecule has 0 spiro atoms. The van der Waals surface area contributed by atoms with E-state index < -0.39 is 17.9 Å². The molecule has 10 heteroatoms. The summed E-state index contributed by atoms with van der Waals surface area (Å²) in [5.41, 5.74) is 0.743. The van der Waals surface area contributed by atoms with Crippen LogP contribution in [0.2, 0.25) is 0 Å². The third kappa shape index (κ3) is 5.73. The number of amides is 2. The van der Waals surface area contributed by atoms with E-state index in [1.54, 1.807) is 45.2 Å². The molecule has 2 N–H and O–H groups in total. The molecular weight excluding hydrogens is 428 g/mol. The Morgan fingerprint density at radius 3 is 2.50 bits per heavy atom. The van der Waals surface area contributed by atoms with Gasteiger partial charge >= 0.3 is 5.97 Å². The van der Waals surface area contributed by atoms with Gasteiger partial charge in [0.15, 0.2) is 11.5 Å². The van der Waals surface area contributed by atoms with Crippen LogP contribution in [0.25, 0.3) is 6.08 Å². The molecule has 0 bridgehead atoms. The minimum absolute atomic E-state index is 0.0490. The fourth-order valence-electron chi connectivity index (χ4n) is 2.76. The van der Waals surface area contributed by atoms with E-state index in [9.17, 15) is 19.5 Å². The Balaban J connectivity index is 2.05. The zero-order valence-corrected chi connectivity index (χ0v) is 18.8. The molecule has 0 radical (unpaired) electrons. The number of benzene rings is 1.